The van der Waals surface area contributed by atoms with Crippen LogP contribution in [0.3, 0.4) is 0 Å². The molecule has 1 heterocycles. The number of hydrogen-bond donors (Lipinski definition) is 2. The zero-order chi connectivity index (χ0) is 9.10. The first-order valence-electron chi connectivity index (χ1n) is 5.37. The van der Waals surface area contributed by atoms with Crippen LogP contribution >= 0.6 is 0 Å². The van der Waals surface area contributed by atoms with Crippen LogP contribution in [0.5, 0.6) is 0 Å². The van der Waals surface area contributed by atoms with Gasteiger partial charge in [-0.2, -0.15) is 0 Å². The molecule has 2 aliphatic rings. The number of carbonyl (C=O) groups excluding carboxylic acids is 1. The molecule has 3 heteroatoms. The van der Waals surface area contributed by atoms with Crippen molar-refractivity contribution in [3.8, 4) is 0 Å². The second-order valence-corrected chi connectivity index (χ2v) is 4.18. The highest BCUT2D eigenvalue weighted by Gasteiger charge is 2.25. The number of nitrogens with one attached hydrogen (secondary N) is 2. The first kappa shape index (κ1) is 9.00. The van der Waals surface area contributed by atoms with E-state index < -0.39 is 0 Å². The maximum atomic E-state index is 11.7. The zero-order valence-corrected chi connectivity index (χ0v) is 8.01. The molecule has 1 unspecified atom stereocenters. The van der Waals surface area contributed by atoms with Gasteiger partial charge >= 0.3 is 0 Å². The van der Waals surface area contributed by atoms with Gasteiger partial charge in [-0.3, -0.25) is 4.79 Å². The van der Waals surface area contributed by atoms with E-state index in [9.17, 15) is 4.79 Å². The largest absolute Gasteiger partial charge is 0.353 e. The van der Waals surface area contributed by atoms with Gasteiger partial charge in [0.05, 0.1) is 5.92 Å². The highest BCUT2D eigenvalue weighted by Crippen LogP contribution is 2.18. The average molecular weight is 182 g/mol. The van der Waals surface area contributed by atoms with Crippen LogP contribution in [0.2, 0.25) is 0 Å². The van der Waals surface area contributed by atoms with Crippen LogP contribution in [0.1, 0.15) is 32.1 Å². The van der Waals surface area contributed by atoms with E-state index in [-0.39, 0.29) is 11.8 Å². The van der Waals surface area contributed by atoms with Crippen LogP contribution < -0.4 is 10.6 Å². The molecule has 74 valence electrons. The Labute approximate surface area is 79.3 Å². The van der Waals surface area contributed by atoms with Crippen molar-refractivity contribution in [3.05, 3.63) is 0 Å². The molecular formula is C10H18N2O. The molecule has 13 heavy (non-hydrogen) atoms. The van der Waals surface area contributed by atoms with Crippen molar-refractivity contribution in [2.24, 2.45) is 5.92 Å². The molecule has 0 bridgehead atoms. The minimum Gasteiger partial charge on any atom is -0.353 e. The van der Waals surface area contributed by atoms with Crippen molar-refractivity contribution in [2.45, 2.75) is 38.1 Å². The lowest BCUT2D eigenvalue weighted by Crippen LogP contribution is -2.38. The Morgan fingerprint density at radius 1 is 1.23 bits per heavy atom. The molecule has 2 rings (SSSR count). The smallest absolute Gasteiger partial charge is 0.224 e. The molecule has 0 radical (unpaired) electrons. The Hall–Kier alpha value is -0.570. The highest BCUT2D eigenvalue weighted by atomic mass is 16.2. The predicted octanol–water partition coefficient (Wildman–Crippen LogP) is 0.655. The van der Waals surface area contributed by atoms with Gasteiger partial charge in [0.1, 0.15) is 0 Å². The van der Waals surface area contributed by atoms with Gasteiger partial charge in [-0.1, -0.05) is 12.8 Å². The van der Waals surface area contributed by atoms with Gasteiger partial charge in [0.15, 0.2) is 0 Å². The third-order valence-corrected chi connectivity index (χ3v) is 3.13. The minimum atomic E-state index is 0.237. The summed E-state index contributed by atoms with van der Waals surface area (Å²) in [5, 5.41) is 6.36. The average Bonchev–Trinajstić information content (AvgIpc) is 2.74. The van der Waals surface area contributed by atoms with Gasteiger partial charge in [0, 0.05) is 12.6 Å². The molecular weight excluding hydrogens is 164 g/mol. The number of rotatable bonds is 2. The second-order valence-electron chi connectivity index (χ2n) is 4.18. The van der Waals surface area contributed by atoms with Gasteiger partial charge in [-0.25, -0.2) is 0 Å². The zero-order valence-electron chi connectivity index (χ0n) is 8.01. The first-order valence-corrected chi connectivity index (χ1v) is 5.37. The van der Waals surface area contributed by atoms with Crippen molar-refractivity contribution in [2.75, 3.05) is 13.1 Å². The van der Waals surface area contributed by atoms with Crippen LogP contribution in [-0.4, -0.2) is 25.0 Å². The number of carbonyl (C=O) groups is 1. The highest BCUT2D eigenvalue weighted by molar-refractivity contribution is 5.79. The number of hydrogen-bond acceptors (Lipinski definition) is 2. The van der Waals surface area contributed by atoms with Crippen molar-refractivity contribution in [3.63, 3.8) is 0 Å². The van der Waals surface area contributed by atoms with E-state index in [1.54, 1.807) is 0 Å². The fourth-order valence-electron chi connectivity index (χ4n) is 2.27. The van der Waals surface area contributed by atoms with E-state index >= 15 is 0 Å². The summed E-state index contributed by atoms with van der Waals surface area (Å²) < 4.78 is 0. The molecule has 0 spiro atoms. The molecule has 0 aromatic heterocycles. The fourth-order valence-corrected chi connectivity index (χ4v) is 2.27. The maximum absolute atomic E-state index is 11.7. The SMILES string of the molecule is O=C(NC1CCCC1)C1CCNC1. The van der Waals surface area contributed by atoms with Gasteiger partial charge in [-0.05, 0) is 25.8 Å². The summed E-state index contributed by atoms with van der Waals surface area (Å²) >= 11 is 0. The Balaban J connectivity index is 1.76. The lowest BCUT2D eigenvalue weighted by Gasteiger charge is -2.14. The summed E-state index contributed by atoms with van der Waals surface area (Å²) in [5.41, 5.74) is 0. The number of amides is 1. The molecule has 2 N–H and O–H groups in total. The molecule has 3 nitrogen and oxygen atoms in total. The summed E-state index contributed by atoms with van der Waals surface area (Å²) in [6.45, 7) is 1.88. The standard InChI is InChI=1S/C10H18N2O/c13-10(8-5-6-11-7-8)12-9-3-1-2-4-9/h8-9,11H,1-7H2,(H,12,13). The van der Waals surface area contributed by atoms with E-state index in [2.05, 4.69) is 10.6 Å². The molecule has 1 saturated heterocycles. The third-order valence-electron chi connectivity index (χ3n) is 3.13. The van der Waals surface area contributed by atoms with Crippen LogP contribution in [0.4, 0.5) is 0 Å². The van der Waals surface area contributed by atoms with Crippen LogP contribution in [0.15, 0.2) is 0 Å². The van der Waals surface area contributed by atoms with E-state index in [4.69, 9.17) is 0 Å². The molecule has 1 aliphatic heterocycles. The Bertz CT molecular complexity index is 181. The Morgan fingerprint density at radius 2 is 2.00 bits per heavy atom. The summed E-state index contributed by atoms with van der Waals surface area (Å²) in [6.07, 6.45) is 5.96. The van der Waals surface area contributed by atoms with E-state index in [1.165, 1.54) is 25.7 Å². The molecule has 1 amide bonds. The lowest BCUT2D eigenvalue weighted by atomic mass is 10.1. The van der Waals surface area contributed by atoms with Crippen LogP contribution in [0.25, 0.3) is 0 Å². The Morgan fingerprint density at radius 3 is 2.62 bits per heavy atom. The minimum absolute atomic E-state index is 0.237. The molecule has 0 aromatic rings. The summed E-state index contributed by atoms with van der Waals surface area (Å²) in [4.78, 5) is 11.7. The molecule has 1 aliphatic carbocycles. The second kappa shape index (κ2) is 4.09. The van der Waals surface area contributed by atoms with Gasteiger partial charge in [0.25, 0.3) is 0 Å². The Kier molecular flexibility index (Phi) is 2.83. The van der Waals surface area contributed by atoms with Crippen LogP contribution in [-0.2, 0) is 4.79 Å². The molecule has 0 aromatic carbocycles. The van der Waals surface area contributed by atoms with Gasteiger partial charge < -0.3 is 10.6 Å². The van der Waals surface area contributed by atoms with Crippen molar-refractivity contribution >= 4 is 5.91 Å². The quantitative estimate of drug-likeness (QED) is 0.658. The van der Waals surface area contributed by atoms with Crippen LogP contribution in [0, 0.1) is 5.92 Å². The molecule has 1 atom stereocenters. The van der Waals surface area contributed by atoms with E-state index in [0.29, 0.717) is 6.04 Å². The van der Waals surface area contributed by atoms with Crippen molar-refractivity contribution < 1.29 is 4.79 Å². The first-order chi connectivity index (χ1) is 6.36. The normalized spacial score (nSPS) is 29.4. The van der Waals surface area contributed by atoms with Gasteiger partial charge in [0.2, 0.25) is 5.91 Å². The van der Waals surface area contributed by atoms with Crippen molar-refractivity contribution in [1.82, 2.24) is 10.6 Å². The third kappa shape index (κ3) is 2.21. The topological polar surface area (TPSA) is 41.1 Å². The molecule has 2 fully saturated rings. The van der Waals surface area contributed by atoms with E-state index in [0.717, 1.165) is 19.5 Å². The molecule has 1 saturated carbocycles. The fraction of sp³-hybridized carbons (Fsp3) is 0.900. The predicted molar refractivity (Wildman–Crippen MR) is 51.4 cm³/mol. The van der Waals surface area contributed by atoms with Crippen molar-refractivity contribution in [1.29, 1.82) is 0 Å². The summed E-state index contributed by atoms with van der Waals surface area (Å²) in [7, 11) is 0. The lowest BCUT2D eigenvalue weighted by molar-refractivity contribution is -0.125. The summed E-state index contributed by atoms with van der Waals surface area (Å²) in [5.74, 6) is 0.512. The van der Waals surface area contributed by atoms with Gasteiger partial charge in [-0.15, -0.1) is 0 Å². The maximum Gasteiger partial charge on any atom is 0.224 e. The summed E-state index contributed by atoms with van der Waals surface area (Å²) in [6, 6.07) is 0.480. The van der Waals surface area contributed by atoms with E-state index in [1.807, 2.05) is 0 Å². The monoisotopic (exact) mass is 182 g/mol.